The number of hydrogen-bond acceptors (Lipinski definition) is 3. The van der Waals surface area contributed by atoms with Crippen molar-refractivity contribution in [2.24, 2.45) is 0 Å². The number of aliphatic hydroxyl groups is 1. The number of benzene rings is 2. The molecular formula is C16H15N3O. The topological polar surface area (TPSA) is 50.9 Å². The molecule has 1 aromatic heterocycles. The lowest BCUT2D eigenvalue weighted by Gasteiger charge is -2.14. The van der Waals surface area contributed by atoms with Crippen LogP contribution in [-0.4, -0.2) is 19.9 Å². The highest BCUT2D eigenvalue weighted by Gasteiger charge is 2.18. The Kier molecular flexibility index (Phi) is 3.31. The minimum atomic E-state index is -0.793. The molecule has 0 amide bonds. The Labute approximate surface area is 117 Å². The fourth-order valence-electron chi connectivity index (χ4n) is 2.23. The molecule has 0 unspecified atom stereocenters. The number of nitrogens with zero attached hydrogens (tertiary/aromatic N) is 3. The van der Waals surface area contributed by atoms with Crippen LogP contribution in [0.5, 0.6) is 0 Å². The van der Waals surface area contributed by atoms with Gasteiger partial charge in [0.2, 0.25) is 0 Å². The number of rotatable bonds is 3. The summed E-state index contributed by atoms with van der Waals surface area (Å²) in [6.07, 6.45) is 0.836. The summed E-state index contributed by atoms with van der Waals surface area (Å²) in [5.41, 5.74) is 2.88. The molecule has 2 aromatic carbocycles. The second kappa shape index (κ2) is 5.27. The molecule has 4 nitrogen and oxygen atoms in total. The van der Waals surface area contributed by atoms with E-state index in [1.54, 1.807) is 6.33 Å². The van der Waals surface area contributed by atoms with Gasteiger partial charge < -0.3 is 5.11 Å². The highest BCUT2D eigenvalue weighted by molar-refractivity contribution is 5.41. The maximum atomic E-state index is 10.5. The van der Waals surface area contributed by atoms with Gasteiger partial charge in [0.15, 0.2) is 5.82 Å². The summed E-state index contributed by atoms with van der Waals surface area (Å²) in [7, 11) is 0. The highest BCUT2D eigenvalue weighted by atomic mass is 16.3. The molecule has 100 valence electrons. The van der Waals surface area contributed by atoms with Gasteiger partial charge in [0, 0.05) is 0 Å². The molecule has 3 rings (SSSR count). The summed E-state index contributed by atoms with van der Waals surface area (Å²) in [4.78, 5) is 0. The van der Waals surface area contributed by atoms with Crippen molar-refractivity contribution in [2.45, 2.75) is 13.0 Å². The van der Waals surface area contributed by atoms with E-state index in [9.17, 15) is 5.11 Å². The van der Waals surface area contributed by atoms with Crippen molar-refractivity contribution in [3.8, 4) is 5.69 Å². The van der Waals surface area contributed by atoms with Gasteiger partial charge in [-0.05, 0) is 24.1 Å². The van der Waals surface area contributed by atoms with Crippen LogP contribution in [0.25, 0.3) is 5.69 Å². The van der Waals surface area contributed by atoms with Crippen molar-refractivity contribution in [1.29, 1.82) is 0 Å². The van der Waals surface area contributed by atoms with Gasteiger partial charge in [-0.15, -0.1) is 10.2 Å². The van der Waals surface area contributed by atoms with E-state index in [4.69, 9.17) is 0 Å². The molecule has 0 aliphatic carbocycles. The van der Waals surface area contributed by atoms with Crippen LogP contribution in [0.2, 0.25) is 0 Å². The van der Waals surface area contributed by atoms with Crippen LogP contribution in [0.4, 0.5) is 0 Å². The van der Waals surface area contributed by atoms with Crippen LogP contribution in [-0.2, 0) is 0 Å². The number of aromatic nitrogens is 3. The lowest BCUT2D eigenvalue weighted by atomic mass is 10.1. The van der Waals surface area contributed by atoms with Crippen molar-refractivity contribution < 1.29 is 5.11 Å². The molecule has 1 heterocycles. The number of aryl methyl sites for hydroxylation is 1. The standard InChI is InChI=1S/C16H15N3O/c1-12-7-5-6-10-14(12)19-11-17-18-16(19)15(20)13-8-3-2-4-9-13/h2-11,15,20H,1H3/t15-/m0/s1. The molecule has 3 aromatic rings. The third-order valence-electron chi connectivity index (χ3n) is 3.31. The molecule has 0 aliphatic rings. The monoisotopic (exact) mass is 265 g/mol. The zero-order valence-corrected chi connectivity index (χ0v) is 11.1. The molecule has 0 saturated heterocycles. The summed E-state index contributed by atoms with van der Waals surface area (Å²) >= 11 is 0. The van der Waals surface area contributed by atoms with Crippen LogP contribution in [0.1, 0.15) is 23.1 Å². The van der Waals surface area contributed by atoms with Crippen LogP contribution in [0.15, 0.2) is 60.9 Å². The van der Waals surface area contributed by atoms with Crippen molar-refractivity contribution in [3.05, 3.63) is 77.9 Å². The maximum absolute atomic E-state index is 10.5. The summed E-state index contributed by atoms with van der Waals surface area (Å²) in [6, 6.07) is 17.4. The van der Waals surface area contributed by atoms with E-state index < -0.39 is 6.10 Å². The van der Waals surface area contributed by atoms with Gasteiger partial charge >= 0.3 is 0 Å². The smallest absolute Gasteiger partial charge is 0.170 e. The average Bonchev–Trinajstić information content (AvgIpc) is 2.97. The van der Waals surface area contributed by atoms with E-state index in [-0.39, 0.29) is 0 Å². The molecule has 0 bridgehead atoms. The molecular weight excluding hydrogens is 250 g/mol. The van der Waals surface area contributed by atoms with E-state index in [0.29, 0.717) is 5.82 Å². The van der Waals surface area contributed by atoms with Gasteiger partial charge in [0.1, 0.15) is 12.4 Å². The van der Waals surface area contributed by atoms with E-state index >= 15 is 0 Å². The fraction of sp³-hybridized carbons (Fsp3) is 0.125. The lowest BCUT2D eigenvalue weighted by molar-refractivity contribution is 0.207. The summed E-state index contributed by atoms with van der Waals surface area (Å²) in [5.74, 6) is 0.519. The Morgan fingerprint density at radius 3 is 2.45 bits per heavy atom. The lowest BCUT2D eigenvalue weighted by Crippen LogP contribution is -2.09. The summed E-state index contributed by atoms with van der Waals surface area (Å²) < 4.78 is 1.83. The molecule has 0 aliphatic heterocycles. The fourth-order valence-corrected chi connectivity index (χ4v) is 2.23. The number of aliphatic hydroxyl groups excluding tert-OH is 1. The van der Waals surface area contributed by atoms with Crippen LogP contribution >= 0.6 is 0 Å². The van der Waals surface area contributed by atoms with Crippen LogP contribution in [0.3, 0.4) is 0 Å². The Balaban J connectivity index is 2.05. The molecule has 1 N–H and O–H groups in total. The predicted octanol–water partition coefficient (Wildman–Crippen LogP) is 2.66. The molecule has 20 heavy (non-hydrogen) atoms. The first-order valence-corrected chi connectivity index (χ1v) is 6.46. The second-order valence-electron chi connectivity index (χ2n) is 4.66. The molecule has 0 radical (unpaired) electrons. The molecule has 0 saturated carbocycles. The van der Waals surface area contributed by atoms with Crippen LogP contribution < -0.4 is 0 Å². The Bertz CT molecular complexity index is 707. The Morgan fingerprint density at radius 2 is 1.70 bits per heavy atom. The minimum absolute atomic E-state index is 0.519. The first-order chi connectivity index (χ1) is 9.77. The normalized spacial score (nSPS) is 12.3. The third kappa shape index (κ3) is 2.21. The zero-order valence-electron chi connectivity index (χ0n) is 11.1. The molecule has 4 heteroatoms. The quantitative estimate of drug-likeness (QED) is 0.792. The van der Waals surface area contributed by atoms with Crippen molar-refractivity contribution in [3.63, 3.8) is 0 Å². The van der Waals surface area contributed by atoms with E-state index in [1.807, 2.05) is 66.1 Å². The summed E-state index contributed by atoms with van der Waals surface area (Å²) in [6.45, 7) is 2.02. The van der Waals surface area contributed by atoms with Crippen molar-refractivity contribution in [1.82, 2.24) is 14.8 Å². The van der Waals surface area contributed by atoms with Gasteiger partial charge in [0.05, 0.1) is 5.69 Å². The van der Waals surface area contributed by atoms with Gasteiger partial charge in [0.25, 0.3) is 0 Å². The molecule has 0 spiro atoms. The third-order valence-corrected chi connectivity index (χ3v) is 3.31. The first kappa shape index (κ1) is 12.6. The molecule has 0 fully saturated rings. The average molecular weight is 265 g/mol. The van der Waals surface area contributed by atoms with E-state index in [0.717, 1.165) is 16.8 Å². The summed E-state index contributed by atoms with van der Waals surface area (Å²) in [5, 5.41) is 18.5. The van der Waals surface area contributed by atoms with Gasteiger partial charge in [-0.2, -0.15) is 0 Å². The predicted molar refractivity (Wildman–Crippen MR) is 76.6 cm³/mol. The minimum Gasteiger partial charge on any atom is -0.380 e. The van der Waals surface area contributed by atoms with Gasteiger partial charge in [-0.1, -0.05) is 48.5 Å². The van der Waals surface area contributed by atoms with E-state index in [1.165, 1.54) is 0 Å². The Morgan fingerprint density at radius 1 is 1.00 bits per heavy atom. The largest absolute Gasteiger partial charge is 0.380 e. The van der Waals surface area contributed by atoms with Crippen LogP contribution in [0, 0.1) is 6.92 Å². The van der Waals surface area contributed by atoms with Gasteiger partial charge in [-0.25, -0.2) is 0 Å². The SMILES string of the molecule is Cc1ccccc1-n1cnnc1[C@@H](O)c1ccccc1. The number of para-hydroxylation sites is 1. The van der Waals surface area contributed by atoms with Crippen molar-refractivity contribution in [2.75, 3.05) is 0 Å². The number of hydrogen-bond donors (Lipinski definition) is 1. The van der Waals surface area contributed by atoms with Crippen molar-refractivity contribution >= 4 is 0 Å². The first-order valence-electron chi connectivity index (χ1n) is 6.46. The maximum Gasteiger partial charge on any atom is 0.170 e. The second-order valence-corrected chi connectivity index (χ2v) is 4.66. The van der Waals surface area contributed by atoms with E-state index in [2.05, 4.69) is 10.2 Å². The molecule has 1 atom stereocenters. The van der Waals surface area contributed by atoms with Gasteiger partial charge in [-0.3, -0.25) is 4.57 Å². The zero-order chi connectivity index (χ0) is 13.9. The Hall–Kier alpha value is -2.46. The highest BCUT2D eigenvalue weighted by Crippen LogP contribution is 2.23.